The molecule has 0 aromatic heterocycles. The molecule has 1 aliphatic carbocycles. The van der Waals surface area contributed by atoms with Gasteiger partial charge in [-0.3, -0.25) is 4.79 Å². The van der Waals surface area contributed by atoms with Gasteiger partial charge in [0.15, 0.2) is 6.61 Å². The Kier molecular flexibility index (Phi) is 5.51. The third-order valence-electron chi connectivity index (χ3n) is 4.24. The highest BCUT2D eigenvalue weighted by Crippen LogP contribution is 2.29. The topological polar surface area (TPSA) is 55.8 Å². The van der Waals surface area contributed by atoms with Crippen LogP contribution in [-0.2, 0) is 16.1 Å². The van der Waals surface area contributed by atoms with E-state index in [1.54, 1.807) is 18.1 Å². The lowest BCUT2D eigenvalue weighted by molar-refractivity contribution is -0.135. The molecular weight excluding hydrogens is 337 g/mol. The van der Waals surface area contributed by atoms with Gasteiger partial charge in [0.2, 0.25) is 0 Å². The normalized spacial score (nSPS) is 13.2. The lowest BCUT2D eigenvalue weighted by Gasteiger charge is -2.22. The molecular formula is C20H20FNO4. The second-order valence-corrected chi connectivity index (χ2v) is 6.16. The van der Waals surface area contributed by atoms with Crippen LogP contribution in [-0.4, -0.2) is 36.5 Å². The van der Waals surface area contributed by atoms with Crippen LogP contribution in [0.15, 0.2) is 48.5 Å². The predicted molar refractivity (Wildman–Crippen MR) is 93.2 cm³/mol. The fraction of sp³-hybridized carbons (Fsp3) is 0.300. The number of carbonyl (C=O) groups excluding carboxylic acids is 2. The average molecular weight is 357 g/mol. The number of methoxy groups -OCH3 is 1. The number of carbonyl (C=O) groups is 2. The summed E-state index contributed by atoms with van der Waals surface area (Å²) >= 11 is 0. The number of hydrogen-bond acceptors (Lipinski definition) is 4. The Morgan fingerprint density at radius 3 is 2.42 bits per heavy atom. The van der Waals surface area contributed by atoms with Crippen molar-refractivity contribution in [2.45, 2.75) is 25.4 Å². The average Bonchev–Trinajstić information content (AvgIpc) is 3.50. The first-order valence-electron chi connectivity index (χ1n) is 8.42. The maximum absolute atomic E-state index is 13.6. The number of amides is 1. The molecule has 1 saturated carbocycles. The minimum Gasteiger partial charge on any atom is -0.497 e. The van der Waals surface area contributed by atoms with Crippen molar-refractivity contribution in [3.05, 3.63) is 65.5 Å². The second kappa shape index (κ2) is 7.99. The summed E-state index contributed by atoms with van der Waals surface area (Å²) < 4.78 is 23.7. The minimum absolute atomic E-state index is 0.164. The summed E-state index contributed by atoms with van der Waals surface area (Å²) in [5.41, 5.74) is 0.792. The van der Waals surface area contributed by atoms with Crippen molar-refractivity contribution in [2.24, 2.45) is 0 Å². The Bertz CT molecular complexity index is 787. The standard InChI is InChI=1S/C20H20FNO4/c1-25-16-10-6-14(7-11-16)12-22(15-8-9-15)19(23)13-26-20(24)17-4-2-3-5-18(17)21/h2-7,10-11,15H,8-9,12-13H2,1H3. The first-order chi connectivity index (χ1) is 12.6. The van der Waals surface area contributed by atoms with Gasteiger partial charge < -0.3 is 14.4 Å². The molecule has 0 radical (unpaired) electrons. The largest absolute Gasteiger partial charge is 0.497 e. The van der Waals surface area contributed by atoms with E-state index in [9.17, 15) is 14.0 Å². The summed E-state index contributed by atoms with van der Waals surface area (Å²) in [6.45, 7) is 0.0323. The van der Waals surface area contributed by atoms with Crippen LogP contribution in [0.1, 0.15) is 28.8 Å². The molecule has 0 saturated heterocycles. The fourth-order valence-corrected chi connectivity index (χ4v) is 2.65. The first-order valence-corrected chi connectivity index (χ1v) is 8.42. The number of nitrogens with zero attached hydrogens (tertiary/aromatic N) is 1. The number of benzene rings is 2. The van der Waals surface area contributed by atoms with Gasteiger partial charge in [-0.2, -0.15) is 0 Å². The zero-order valence-electron chi connectivity index (χ0n) is 14.5. The van der Waals surface area contributed by atoms with Crippen LogP contribution in [0.3, 0.4) is 0 Å². The van der Waals surface area contributed by atoms with E-state index < -0.39 is 18.4 Å². The zero-order chi connectivity index (χ0) is 18.5. The van der Waals surface area contributed by atoms with Crippen molar-refractivity contribution in [3.8, 4) is 5.75 Å². The molecule has 1 fully saturated rings. The summed E-state index contributed by atoms with van der Waals surface area (Å²) in [5.74, 6) is -1.04. The lowest BCUT2D eigenvalue weighted by atomic mass is 10.2. The molecule has 2 aromatic carbocycles. The molecule has 136 valence electrons. The molecule has 3 rings (SSSR count). The third kappa shape index (κ3) is 4.39. The van der Waals surface area contributed by atoms with Crippen LogP contribution in [0.25, 0.3) is 0 Å². The third-order valence-corrected chi connectivity index (χ3v) is 4.24. The van der Waals surface area contributed by atoms with Crippen molar-refractivity contribution >= 4 is 11.9 Å². The Balaban J connectivity index is 1.60. The molecule has 0 unspecified atom stereocenters. The van der Waals surface area contributed by atoms with Gasteiger partial charge in [-0.25, -0.2) is 9.18 Å². The highest BCUT2D eigenvalue weighted by atomic mass is 19.1. The van der Waals surface area contributed by atoms with Gasteiger partial charge in [0.25, 0.3) is 5.91 Å². The van der Waals surface area contributed by atoms with Gasteiger partial charge in [-0.05, 0) is 42.7 Å². The SMILES string of the molecule is COc1ccc(CN(C(=O)COC(=O)c2ccccc2F)C2CC2)cc1. The highest BCUT2D eigenvalue weighted by molar-refractivity contribution is 5.91. The summed E-state index contributed by atoms with van der Waals surface area (Å²) in [7, 11) is 1.60. The van der Waals surface area contributed by atoms with Crippen LogP contribution >= 0.6 is 0 Å². The quantitative estimate of drug-likeness (QED) is 0.714. The van der Waals surface area contributed by atoms with Gasteiger partial charge in [0, 0.05) is 12.6 Å². The van der Waals surface area contributed by atoms with E-state index in [4.69, 9.17) is 9.47 Å². The van der Waals surface area contributed by atoms with Crippen LogP contribution in [0.4, 0.5) is 4.39 Å². The van der Waals surface area contributed by atoms with Gasteiger partial charge >= 0.3 is 5.97 Å². The van der Waals surface area contributed by atoms with Gasteiger partial charge in [-0.1, -0.05) is 24.3 Å². The molecule has 2 aromatic rings. The first kappa shape index (κ1) is 17.9. The Morgan fingerprint density at radius 1 is 1.12 bits per heavy atom. The molecule has 0 atom stereocenters. The van der Waals surface area contributed by atoms with Crippen molar-refractivity contribution in [2.75, 3.05) is 13.7 Å². The maximum Gasteiger partial charge on any atom is 0.341 e. The van der Waals surface area contributed by atoms with E-state index in [-0.39, 0.29) is 17.5 Å². The highest BCUT2D eigenvalue weighted by Gasteiger charge is 2.33. The van der Waals surface area contributed by atoms with E-state index in [2.05, 4.69) is 0 Å². The summed E-state index contributed by atoms with van der Waals surface area (Å²) in [4.78, 5) is 26.2. The van der Waals surface area contributed by atoms with Crippen molar-refractivity contribution in [1.29, 1.82) is 0 Å². The van der Waals surface area contributed by atoms with E-state index >= 15 is 0 Å². The van der Waals surface area contributed by atoms with Crippen LogP contribution in [0.5, 0.6) is 5.75 Å². The van der Waals surface area contributed by atoms with Crippen LogP contribution < -0.4 is 4.74 Å². The molecule has 6 heteroatoms. The summed E-state index contributed by atoms with van der Waals surface area (Å²) in [6.07, 6.45) is 1.87. The predicted octanol–water partition coefficient (Wildman–Crippen LogP) is 3.18. The summed E-state index contributed by atoms with van der Waals surface area (Å²) in [5, 5.41) is 0. The monoisotopic (exact) mass is 357 g/mol. The minimum atomic E-state index is -0.836. The number of halogens is 1. The number of ether oxygens (including phenoxy) is 2. The molecule has 0 aliphatic heterocycles. The molecule has 0 bridgehead atoms. The molecule has 26 heavy (non-hydrogen) atoms. The Hall–Kier alpha value is -2.89. The zero-order valence-corrected chi connectivity index (χ0v) is 14.5. The summed E-state index contributed by atoms with van der Waals surface area (Å²) in [6, 6.07) is 13.2. The van der Waals surface area contributed by atoms with Crippen molar-refractivity contribution < 1.29 is 23.5 Å². The molecule has 1 amide bonds. The van der Waals surface area contributed by atoms with Gasteiger partial charge in [0.05, 0.1) is 12.7 Å². The van der Waals surface area contributed by atoms with Gasteiger partial charge in [-0.15, -0.1) is 0 Å². The van der Waals surface area contributed by atoms with Crippen molar-refractivity contribution in [3.63, 3.8) is 0 Å². The van der Waals surface area contributed by atoms with E-state index in [0.29, 0.717) is 6.54 Å². The molecule has 0 spiro atoms. The second-order valence-electron chi connectivity index (χ2n) is 6.16. The molecule has 0 heterocycles. The molecule has 1 aliphatic rings. The van der Waals surface area contributed by atoms with E-state index in [1.807, 2.05) is 24.3 Å². The van der Waals surface area contributed by atoms with Crippen LogP contribution in [0.2, 0.25) is 0 Å². The molecule has 5 nitrogen and oxygen atoms in total. The van der Waals surface area contributed by atoms with Crippen LogP contribution in [0, 0.1) is 5.82 Å². The van der Waals surface area contributed by atoms with Crippen molar-refractivity contribution in [1.82, 2.24) is 4.90 Å². The van der Waals surface area contributed by atoms with Gasteiger partial charge in [0.1, 0.15) is 11.6 Å². The van der Waals surface area contributed by atoms with E-state index in [0.717, 1.165) is 24.2 Å². The molecule has 0 N–H and O–H groups in total. The number of esters is 1. The number of hydrogen-bond donors (Lipinski definition) is 0. The Labute approximate surface area is 151 Å². The maximum atomic E-state index is 13.6. The smallest absolute Gasteiger partial charge is 0.341 e. The Morgan fingerprint density at radius 2 is 1.81 bits per heavy atom. The number of rotatable bonds is 7. The van der Waals surface area contributed by atoms with E-state index in [1.165, 1.54) is 18.2 Å². The fourth-order valence-electron chi connectivity index (χ4n) is 2.65. The lowest BCUT2D eigenvalue weighted by Crippen LogP contribution is -2.36.